The summed E-state index contributed by atoms with van der Waals surface area (Å²) in [4.78, 5) is 19.7. The van der Waals surface area contributed by atoms with Crippen molar-refractivity contribution in [3.05, 3.63) is 12.7 Å². The second kappa shape index (κ2) is 10.7. The van der Waals surface area contributed by atoms with Gasteiger partial charge in [-0.25, -0.2) is 4.98 Å². The van der Waals surface area contributed by atoms with Gasteiger partial charge in [-0.05, 0) is 38.1 Å². The highest BCUT2D eigenvalue weighted by molar-refractivity contribution is 5.85. The average molecular weight is 435 g/mol. The lowest BCUT2D eigenvalue weighted by atomic mass is 9.61. The number of halogens is 2. The molecule has 1 aromatic heterocycles. The number of ether oxygens (including phenoxy) is 1. The Morgan fingerprint density at radius 3 is 2.86 bits per heavy atom. The second-order valence-corrected chi connectivity index (χ2v) is 7.81. The number of nitrogens with one attached hydrogen (secondary N) is 2. The molecular formula is C18H32Cl2N6O2. The van der Waals surface area contributed by atoms with Crippen LogP contribution in [0.3, 0.4) is 0 Å². The lowest BCUT2D eigenvalue weighted by Crippen LogP contribution is -2.60. The fourth-order valence-corrected chi connectivity index (χ4v) is 4.98. The van der Waals surface area contributed by atoms with Crippen LogP contribution in [0.1, 0.15) is 25.7 Å². The summed E-state index contributed by atoms with van der Waals surface area (Å²) < 4.78 is 7.26. The third kappa shape index (κ3) is 4.97. The molecule has 0 aromatic carbocycles. The lowest BCUT2D eigenvalue weighted by molar-refractivity contribution is -0.140. The number of hydrogen-bond acceptors (Lipinski definition) is 6. The van der Waals surface area contributed by atoms with Crippen molar-refractivity contribution in [2.24, 2.45) is 11.3 Å². The van der Waals surface area contributed by atoms with E-state index in [1.807, 2.05) is 0 Å². The Bertz CT molecular complexity index is 599. The molecule has 28 heavy (non-hydrogen) atoms. The van der Waals surface area contributed by atoms with E-state index in [0.717, 1.165) is 65.1 Å². The second-order valence-electron chi connectivity index (χ2n) is 7.81. The minimum Gasteiger partial charge on any atom is -0.379 e. The van der Waals surface area contributed by atoms with Crippen LogP contribution in [0.4, 0.5) is 0 Å². The summed E-state index contributed by atoms with van der Waals surface area (Å²) in [5.41, 5.74) is -0.247. The van der Waals surface area contributed by atoms with Gasteiger partial charge in [-0.2, -0.15) is 5.10 Å². The average Bonchev–Trinajstić information content (AvgIpc) is 3.21. The van der Waals surface area contributed by atoms with E-state index < -0.39 is 0 Å². The number of carbonyl (C=O) groups excluding carboxylic acids is 1. The molecule has 0 radical (unpaired) electrons. The first-order valence-corrected chi connectivity index (χ1v) is 9.91. The molecule has 0 bridgehead atoms. The molecular weight excluding hydrogens is 403 g/mol. The van der Waals surface area contributed by atoms with Gasteiger partial charge in [0.1, 0.15) is 12.7 Å². The number of carbonyl (C=O) groups is 1. The zero-order valence-corrected chi connectivity index (χ0v) is 17.8. The van der Waals surface area contributed by atoms with Gasteiger partial charge in [-0.15, -0.1) is 24.8 Å². The summed E-state index contributed by atoms with van der Waals surface area (Å²) in [7, 11) is 0. The monoisotopic (exact) mass is 434 g/mol. The molecule has 3 atom stereocenters. The number of morpholine rings is 1. The highest BCUT2D eigenvalue weighted by atomic mass is 35.5. The maximum atomic E-state index is 13.1. The summed E-state index contributed by atoms with van der Waals surface area (Å²) in [5, 5.41) is 10.7. The molecule has 3 heterocycles. The number of piperidine rings is 1. The van der Waals surface area contributed by atoms with Crippen molar-refractivity contribution in [3.8, 4) is 0 Å². The van der Waals surface area contributed by atoms with Gasteiger partial charge in [0, 0.05) is 32.2 Å². The standard InChI is InChI=1S/C18H30N6O2.2ClH/c25-17(21-5-6-24-14-20-13-22-24)18-3-1-16(23-7-9-26-10-8-23)11-15(18)2-4-19-12-18;;/h13-16,19H,1-12H2,(H,21,25);2*1H/t15-,16+,18-;;/m1../s1. The van der Waals surface area contributed by atoms with E-state index in [-0.39, 0.29) is 36.1 Å². The lowest BCUT2D eigenvalue weighted by Gasteiger charge is -2.50. The number of rotatable bonds is 5. The number of fused-ring (bicyclic) bond motifs is 1. The topological polar surface area (TPSA) is 84.3 Å². The molecule has 2 aliphatic heterocycles. The van der Waals surface area contributed by atoms with Crippen LogP contribution in [0.5, 0.6) is 0 Å². The predicted octanol–water partition coefficient (Wildman–Crippen LogP) is 0.719. The molecule has 8 nitrogen and oxygen atoms in total. The molecule has 1 saturated carbocycles. The fourth-order valence-electron chi connectivity index (χ4n) is 4.98. The zero-order chi connectivity index (χ0) is 17.8. The van der Waals surface area contributed by atoms with Gasteiger partial charge in [0.25, 0.3) is 0 Å². The maximum Gasteiger partial charge on any atom is 0.227 e. The maximum absolute atomic E-state index is 13.1. The Kier molecular flexibility index (Phi) is 8.95. The Labute approximate surface area is 179 Å². The van der Waals surface area contributed by atoms with E-state index in [9.17, 15) is 4.79 Å². The van der Waals surface area contributed by atoms with Crippen molar-refractivity contribution in [1.29, 1.82) is 0 Å². The van der Waals surface area contributed by atoms with E-state index in [0.29, 0.717) is 25.0 Å². The van der Waals surface area contributed by atoms with Crippen molar-refractivity contribution in [2.75, 3.05) is 45.9 Å². The number of hydrogen-bond donors (Lipinski definition) is 2. The molecule has 1 amide bonds. The van der Waals surface area contributed by atoms with Crippen molar-refractivity contribution < 1.29 is 9.53 Å². The molecule has 3 aliphatic rings. The summed E-state index contributed by atoms with van der Waals surface area (Å²) in [6.07, 6.45) is 7.52. The van der Waals surface area contributed by atoms with E-state index in [1.54, 1.807) is 11.0 Å². The van der Waals surface area contributed by atoms with Crippen LogP contribution in [0.2, 0.25) is 0 Å². The van der Waals surface area contributed by atoms with Gasteiger partial charge in [0.05, 0.1) is 25.2 Å². The summed E-state index contributed by atoms with van der Waals surface area (Å²) in [5.74, 6) is 0.687. The molecule has 160 valence electrons. The highest BCUT2D eigenvalue weighted by Gasteiger charge is 2.50. The fraction of sp³-hybridized carbons (Fsp3) is 0.833. The van der Waals surface area contributed by atoms with E-state index in [4.69, 9.17) is 4.74 Å². The first kappa shape index (κ1) is 23.3. The van der Waals surface area contributed by atoms with Crippen molar-refractivity contribution in [3.63, 3.8) is 0 Å². The van der Waals surface area contributed by atoms with Crippen LogP contribution in [-0.2, 0) is 16.1 Å². The van der Waals surface area contributed by atoms with Crippen LogP contribution >= 0.6 is 24.8 Å². The van der Waals surface area contributed by atoms with E-state index in [2.05, 4.69) is 25.6 Å². The SMILES string of the molecule is Cl.Cl.O=C(NCCn1cncn1)[C@@]12CC[C@H](N3CCOCC3)C[C@H]1CCNC2. The van der Waals surface area contributed by atoms with Crippen molar-refractivity contribution >= 4 is 30.7 Å². The van der Waals surface area contributed by atoms with Gasteiger partial charge in [-0.3, -0.25) is 14.4 Å². The van der Waals surface area contributed by atoms with Crippen LogP contribution in [0, 0.1) is 11.3 Å². The molecule has 1 aromatic rings. The third-order valence-electron chi connectivity index (χ3n) is 6.48. The number of aromatic nitrogens is 3. The third-order valence-corrected chi connectivity index (χ3v) is 6.48. The normalized spacial score (nSPS) is 30.4. The van der Waals surface area contributed by atoms with Gasteiger partial charge in [0.2, 0.25) is 5.91 Å². The van der Waals surface area contributed by atoms with E-state index in [1.165, 1.54) is 6.33 Å². The van der Waals surface area contributed by atoms with Crippen LogP contribution < -0.4 is 10.6 Å². The smallest absolute Gasteiger partial charge is 0.227 e. The molecule has 0 unspecified atom stereocenters. The van der Waals surface area contributed by atoms with Gasteiger partial charge in [0.15, 0.2) is 0 Å². The van der Waals surface area contributed by atoms with Crippen LogP contribution in [0.15, 0.2) is 12.7 Å². The quantitative estimate of drug-likeness (QED) is 0.709. The largest absolute Gasteiger partial charge is 0.379 e. The Morgan fingerprint density at radius 1 is 1.29 bits per heavy atom. The van der Waals surface area contributed by atoms with Crippen molar-refractivity contribution in [1.82, 2.24) is 30.3 Å². The molecule has 3 fully saturated rings. The van der Waals surface area contributed by atoms with Crippen molar-refractivity contribution in [2.45, 2.75) is 38.3 Å². The minimum absolute atomic E-state index is 0. The summed E-state index contributed by atoms with van der Waals surface area (Å²) >= 11 is 0. The minimum atomic E-state index is -0.247. The molecule has 4 rings (SSSR count). The van der Waals surface area contributed by atoms with Crippen LogP contribution in [0.25, 0.3) is 0 Å². The first-order valence-electron chi connectivity index (χ1n) is 9.91. The Morgan fingerprint density at radius 2 is 2.11 bits per heavy atom. The van der Waals surface area contributed by atoms with E-state index >= 15 is 0 Å². The molecule has 10 heteroatoms. The molecule has 2 saturated heterocycles. The van der Waals surface area contributed by atoms with Gasteiger partial charge >= 0.3 is 0 Å². The van der Waals surface area contributed by atoms with Crippen LogP contribution in [-0.4, -0.2) is 77.6 Å². The highest BCUT2D eigenvalue weighted by Crippen LogP contribution is 2.46. The first-order chi connectivity index (χ1) is 12.8. The molecule has 2 N–H and O–H groups in total. The number of nitrogens with zero attached hydrogens (tertiary/aromatic N) is 4. The summed E-state index contributed by atoms with van der Waals surface area (Å²) in [6.45, 7) is 6.85. The number of amides is 1. The molecule has 0 spiro atoms. The van der Waals surface area contributed by atoms with Gasteiger partial charge in [-0.1, -0.05) is 0 Å². The predicted molar refractivity (Wildman–Crippen MR) is 111 cm³/mol. The Balaban J connectivity index is 0.00000140. The Hall–Kier alpha value is -0.930. The van der Waals surface area contributed by atoms with Gasteiger partial charge < -0.3 is 15.4 Å². The summed E-state index contributed by atoms with van der Waals surface area (Å²) in [6, 6.07) is 0.609. The zero-order valence-electron chi connectivity index (χ0n) is 16.2. The molecule has 1 aliphatic carbocycles.